The second-order valence-corrected chi connectivity index (χ2v) is 19.8. The smallest absolute Gasteiger partial charge is 0.120 e. The van der Waals surface area contributed by atoms with Crippen LogP contribution in [0.1, 0.15) is 98.2 Å². The molecule has 8 aromatic rings. The van der Waals surface area contributed by atoms with Gasteiger partial charge in [0.05, 0.1) is 11.6 Å². The Hall–Kier alpha value is -6.51. The van der Waals surface area contributed by atoms with Crippen molar-refractivity contribution >= 4 is 68.7 Å². The normalized spacial score (nSPS) is 13.0. The third kappa shape index (κ3) is 8.72. The Bertz CT molecular complexity index is 2860. The molecule has 0 radical (unpaired) electrons. The minimum atomic E-state index is 0.0679. The van der Waals surface area contributed by atoms with E-state index in [1.54, 1.807) is 0 Å². The predicted molar refractivity (Wildman–Crippen MR) is 278 cm³/mol. The predicted octanol–water partition coefficient (Wildman–Crippen LogP) is 17.4. The Balaban J connectivity index is 1.16. The van der Waals surface area contributed by atoms with E-state index in [1.165, 1.54) is 23.3 Å². The fourth-order valence-corrected chi connectivity index (χ4v) is 9.66. The maximum absolute atomic E-state index is 5.08. The number of benzene rings is 7. The zero-order valence-corrected chi connectivity index (χ0v) is 39.8. The number of anilines is 7. The van der Waals surface area contributed by atoms with Crippen LogP contribution in [0.5, 0.6) is 0 Å². The lowest BCUT2D eigenvalue weighted by molar-refractivity contribution is 0.402. The summed E-state index contributed by atoms with van der Waals surface area (Å²) in [4.78, 5) is 4.65. The van der Waals surface area contributed by atoms with E-state index >= 15 is 0 Å². The Labute approximate surface area is 390 Å². The number of aromatic nitrogens is 3. The molecule has 0 saturated heterocycles. The number of hydrogen-bond donors (Lipinski definition) is 1. The number of unbranched alkanes of at least 4 members (excludes halogenated alkanes) is 1. The van der Waals surface area contributed by atoms with Crippen LogP contribution < -0.4 is 14.5 Å². The summed E-state index contributed by atoms with van der Waals surface area (Å²) in [7, 11) is 0. The molecule has 9 rings (SSSR count). The third-order valence-electron chi connectivity index (χ3n) is 12.7. The SMILES string of the molecule is CCCCC(CC)n1nnc2c(-c3ccc(N(c4ccccc4)c4ccc(C(C)(C)C)cc4)cc3)c3c(c(-c4ccc(N(c5ccccc5)c5ccc(C(C)(C)C)cc5)cc4)c21)NS[N-]3. The van der Waals surface area contributed by atoms with Crippen LogP contribution in [0.15, 0.2) is 158 Å². The molecule has 1 atom stereocenters. The molecule has 1 aromatic heterocycles. The molecule has 0 bridgehead atoms. The van der Waals surface area contributed by atoms with Crippen LogP contribution in [0.4, 0.5) is 45.5 Å². The van der Waals surface area contributed by atoms with Gasteiger partial charge >= 0.3 is 0 Å². The van der Waals surface area contributed by atoms with Crippen LogP contribution >= 0.6 is 12.1 Å². The zero-order chi connectivity index (χ0) is 45.3. The van der Waals surface area contributed by atoms with Gasteiger partial charge in [0.2, 0.25) is 0 Å². The fraction of sp³-hybridized carbons (Fsp3) is 0.263. The Morgan fingerprint density at radius 3 is 1.43 bits per heavy atom. The van der Waals surface area contributed by atoms with Gasteiger partial charge in [-0.1, -0.05) is 164 Å². The summed E-state index contributed by atoms with van der Waals surface area (Å²) in [5.74, 6) is 0. The highest BCUT2D eigenvalue weighted by atomic mass is 32.2. The molecule has 1 aliphatic rings. The Kier molecular flexibility index (Phi) is 12.2. The molecule has 330 valence electrons. The van der Waals surface area contributed by atoms with Crippen molar-refractivity contribution in [3.05, 3.63) is 174 Å². The lowest BCUT2D eigenvalue weighted by Gasteiger charge is -2.28. The molecular formula is C57H60N7S-. The maximum Gasteiger partial charge on any atom is 0.120 e. The van der Waals surface area contributed by atoms with Gasteiger partial charge in [0, 0.05) is 45.4 Å². The van der Waals surface area contributed by atoms with Crippen molar-refractivity contribution in [1.29, 1.82) is 0 Å². The van der Waals surface area contributed by atoms with E-state index in [9.17, 15) is 0 Å². The Morgan fingerprint density at radius 1 is 0.569 bits per heavy atom. The van der Waals surface area contributed by atoms with Crippen LogP contribution in [-0.2, 0) is 10.8 Å². The number of nitrogens with one attached hydrogen (secondary N) is 1. The average molecular weight is 875 g/mol. The maximum atomic E-state index is 5.08. The molecule has 65 heavy (non-hydrogen) atoms. The van der Waals surface area contributed by atoms with Crippen LogP contribution in [-0.4, -0.2) is 15.0 Å². The van der Waals surface area contributed by atoms with E-state index in [1.807, 2.05) is 0 Å². The molecule has 1 N–H and O–H groups in total. The van der Waals surface area contributed by atoms with E-state index in [0.717, 1.165) is 104 Å². The van der Waals surface area contributed by atoms with Gasteiger partial charge in [0.25, 0.3) is 0 Å². The molecule has 0 aliphatic carbocycles. The van der Waals surface area contributed by atoms with Gasteiger partial charge in [0.15, 0.2) is 0 Å². The highest BCUT2D eigenvalue weighted by molar-refractivity contribution is 8.04. The van der Waals surface area contributed by atoms with Gasteiger partial charge in [-0.3, -0.25) is 0 Å². The molecular weight excluding hydrogens is 815 g/mol. The summed E-state index contributed by atoms with van der Waals surface area (Å²) in [5.41, 5.74) is 17.3. The van der Waals surface area contributed by atoms with E-state index in [2.05, 4.69) is 232 Å². The summed E-state index contributed by atoms with van der Waals surface area (Å²) < 4.78 is 10.9. The molecule has 2 heterocycles. The first-order chi connectivity index (χ1) is 31.4. The summed E-state index contributed by atoms with van der Waals surface area (Å²) >= 11 is 1.38. The minimum absolute atomic E-state index is 0.0679. The number of para-hydroxylation sites is 2. The number of rotatable bonds is 13. The number of hydrogen-bond acceptors (Lipinski definition) is 6. The quantitative estimate of drug-likeness (QED) is 0.116. The molecule has 1 aliphatic heterocycles. The number of fused-ring (bicyclic) bond motifs is 2. The molecule has 8 heteroatoms. The van der Waals surface area contributed by atoms with Crippen molar-refractivity contribution < 1.29 is 0 Å². The highest BCUT2D eigenvalue weighted by Gasteiger charge is 2.27. The monoisotopic (exact) mass is 874 g/mol. The van der Waals surface area contributed by atoms with Crippen LogP contribution in [0, 0.1) is 0 Å². The fourth-order valence-electron chi connectivity index (χ4n) is 9.05. The Morgan fingerprint density at radius 2 is 1.00 bits per heavy atom. The van der Waals surface area contributed by atoms with E-state index < -0.39 is 0 Å². The van der Waals surface area contributed by atoms with Crippen LogP contribution in [0.25, 0.3) is 38.0 Å². The molecule has 0 amide bonds. The standard InChI is InChI=1S/C57H60N7S/c1-9-11-18-43(10-2)64-55-51(40-25-33-47(34-26-40)63(45-21-16-13-17-22-45)49-37-29-42(30-38-49)57(6,7)8)53-52(59-65-60-53)50(54(55)58-61-64)39-23-31-46(32-24-39)62(44-19-14-12-15-20-44)48-35-27-41(28-36-48)56(3,4)5/h12-17,19-38,43,60H,9-11,18H2,1-8H3/q-1. The van der Waals surface area contributed by atoms with Crippen molar-refractivity contribution in [1.82, 2.24) is 15.0 Å². The summed E-state index contributed by atoms with van der Waals surface area (Å²) in [5, 5.41) is 10.1. The van der Waals surface area contributed by atoms with Gasteiger partial charge in [-0.2, -0.15) is 12.1 Å². The highest BCUT2D eigenvalue weighted by Crippen LogP contribution is 2.57. The number of nitrogens with zero attached hydrogens (tertiary/aromatic N) is 6. The molecule has 7 nitrogen and oxygen atoms in total. The van der Waals surface area contributed by atoms with Crippen molar-refractivity contribution in [2.24, 2.45) is 0 Å². The largest absolute Gasteiger partial charge is 0.611 e. The zero-order valence-electron chi connectivity index (χ0n) is 39.0. The molecule has 1 unspecified atom stereocenters. The van der Waals surface area contributed by atoms with Gasteiger partial charge in [0.1, 0.15) is 5.52 Å². The topological polar surface area (TPSA) is 63.3 Å². The summed E-state index contributed by atoms with van der Waals surface area (Å²) in [6.45, 7) is 18.1. The van der Waals surface area contributed by atoms with Crippen molar-refractivity contribution in [3.63, 3.8) is 0 Å². The molecule has 0 saturated carbocycles. The molecule has 7 aromatic carbocycles. The second kappa shape index (κ2) is 18.2. The van der Waals surface area contributed by atoms with Gasteiger partial charge in [-0.05, 0) is 124 Å². The van der Waals surface area contributed by atoms with Gasteiger partial charge < -0.3 is 19.2 Å². The van der Waals surface area contributed by atoms with Gasteiger partial charge in [-0.25, -0.2) is 4.68 Å². The van der Waals surface area contributed by atoms with E-state index in [4.69, 9.17) is 15.0 Å². The van der Waals surface area contributed by atoms with Crippen LogP contribution in [0.2, 0.25) is 0 Å². The van der Waals surface area contributed by atoms with Crippen molar-refractivity contribution in [3.8, 4) is 22.3 Å². The van der Waals surface area contributed by atoms with Crippen LogP contribution in [0.3, 0.4) is 0 Å². The summed E-state index contributed by atoms with van der Waals surface area (Å²) in [6, 6.07) is 57.2. The third-order valence-corrected chi connectivity index (χ3v) is 13.3. The average Bonchev–Trinajstić information content (AvgIpc) is 3.98. The van der Waals surface area contributed by atoms with Crippen molar-refractivity contribution in [2.45, 2.75) is 97.9 Å². The molecule has 0 fully saturated rings. The first kappa shape index (κ1) is 43.7. The lowest BCUT2D eigenvalue weighted by Crippen LogP contribution is -2.13. The van der Waals surface area contributed by atoms with E-state index in [-0.39, 0.29) is 16.9 Å². The molecule has 0 spiro atoms. The minimum Gasteiger partial charge on any atom is -0.611 e. The first-order valence-electron chi connectivity index (χ1n) is 23.1. The second-order valence-electron chi connectivity index (χ2n) is 19.2. The van der Waals surface area contributed by atoms with Crippen molar-refractivity contribution in [2.75, 3.05) is 14.5 Å². The first-order valence-corrected chi connectivity index (χ1v) is 23.9. The summed E-state index contributed by atoms with van der Waals surface area (Å²) in [6.07, 6.45) is 4.23. The van der Waals surface area contributed by atoms with Gasteiger partial charge in [-0.15, -0.1) is 5.10 Å². The lowest BCUT2D eigenvalue weighted by atomic mass is 9.87. The van der Waals surface area contributed by atoms with E-state index in [0.29, 0.717) is 0 Å².